The van der Waals surface area contributed by atoms with Crippen LogP contribution in [0.25, 0.3) is 0 Å². The van der Waals surface area contributed by atoms with Crippen molar-refractivity contribution < 1.29 is 9.18 Å². The van der Waals surface area contributed by atoms with Gasteiger partial charge in [0.2, 0.25) is 0 Å². The van der Waals surface area contributed by atoms with Crippen molar-refractivity contribution in [2.75, 3.05) is 12.4 Å². The van der Waals surface area contributed by atoms with Gasteiger partial charge in [0, 0.05) is 20.3 Å². The molecule has 5 nitrogen and oxygen atoms in total. The van der Waals surface area contributed by atoms with Crippen LogP contribution in [0.4, 0.5) is 10.1 Å². The molecule has 1 aromatic carbocycles. The first-order valence-corrected chi connectivity index (χ1v) is 5.85. The Morgan fingerprint density at radius 2 is 2.21 bits per heavy atom. The van der Waals surface area contributed by atoms with Crippen molar-refractivity contribution in [2.24, 2.45) is 7.05 Å². The molecule has 19 heavy (non-hydrogen) atoms. The Morgan fingerprint density at radius 3 is 2.84 bits per heavy atom. The number of hydrogen-bond acceptors (Lipinski definition) is 3. The number of carbonyl (C=O) groups excluding carboxylic acids is 1. The lowest BCUT2D eigenvalue weighted by atomic mass is 10.1. The van der Waals surface area contributed by atoms with E-state index in [4.69, 9.17) is 0 Å². The molecule has 0 bridgehead atoms. The third-order valence-electron chi connectivity index (χ3n) is 2.71. The molecule has 0 aliphatic rings. The molecule has 0 aliphatic carbocycles. The fourth-order valence-electron chi connectivity index (χ4n) is 1.79. The highest BCUT2D eigenvalue weighted by Crippen LogP contribution is 2.18. The largest absolute Gasteiger partial charge is 0.385 e. The highest BCUT2D eigenvalue weighted by Gasteiger charge is 2.13. The maximum absolute atomic E-state index is 13.5. The van der Waals surface area contributed by atoms with Crippen molar-refractivity contribution in [1.29, 1.82) is 0 Å². The number of benzene rings is 1. The second-order valence-corrected chi connectivity index (χ2v) is 4.08. The van der Waals surface area contributed by atoms with Gasteiger partial charge in [-0.3, -0.25) is 9.48 Å². The number of anilines is 1. The van der Waals surface area contributed by atoms with Gasteiger partial charge >= 0.3 is 0 Å². The highest BCUT2D eigenvalue weighted by molar-refractivity contribution is 5.99. The van der Waals surface area contributed by atoms with Crippen LogP contribution in [0.1, 0.15) is 16.1 Å². The van der Waals surface area contributed by atoms with Crippen LogP contribution in [-0.4, -0.2) is 22.7 Å². The van der Waals surface area contributed by atoms with Crippen LogP contribution in [0.5, 0.6) is 0 Å². The maximum atomic E-state index is 13.5. The van der Waals surface area contributed by atoms with Gasteiger partial charge in [-0.05, 0) is 18.2 Å². The van der Waals surface area contributed by atoms with Gasteiger partial charge in [0.05, 0.1) is 23.5 Å². The average Bonchev–Trinajstić information content (AvgIpc) is 2.81. The standard InChI is InChI=1S/C13H15FN4O/c1-15-12-10(4-3-5-11(12)14)13(19)16-8-9-6-7-18(2)17-9/h3-7,15H,8H2,1-2H3,(H,16,19). The summed E-state index contributed by atoms with van der Waals surface area (Å²) >= 11 is 0. The Hall–Kier alpha value is -2.37. The van der Waals surface area contributed by atoms with E-state index < -0.39 is 5.82 Å². The topological polar surface area (TPSA) is 59.0 Å². The van der Waals surface area contributed by atoms with Gasteiger partial charge in [-0.1, -0.05) is 6.07 Å². The first-order valence-electron chi connectivity index (χ1n) is 5.85. The lowest BCUT2D eigenvalue weighted by Gasteiger charge is -2.09. The van der Waals surface area contributed by atoms with Crippen molar-refractivity contribution in [1.82, 2.24) is 15.1 Å². The van der Waals surface area contributed by atoms with Crippen molar-refractivity contribution in [3.63, 3.8) is 0 Å². The van der Waals surface area contributed by atoms with Crippen LogP contribution in [0.15, 0.2) is 30.5 Å². The number of amides is 1. The second-order valence-electron chi connectivity index (χ2n) is 4.08. The zero-order valence-corrected chi connectivity index (χ0v) is 10.8. The molecule has 0 atom stereocenters. The van der Waals surface area contributed by atoms with Gasteiger partial charge in [-0.15, -0.1) is 0 Å². The number of carbonyl (C=O) groups is 1. The molecule has 0 aliphatic heterocycles. The number of nitrogens with zero attached hydrogens (tertiary/aromatic N) is 2. The normalized spacial score (nSPS) is 10.3. The minimum atomic E-state index is -0.451. The number of nitrogens with one attached hydrogen (secondary N) is 2. The summed E-state index contributed by atoms with van der Waals surface area (Å²) in [7, 11) is 3.38. The molecule has 1 amide bonds. The van der Waals surface area contributed by atoms with Crippen LogP contribution < -0.4 is 10.6 Å². The van der Waals surface area contributed by atoms with Crippen LogP contribution in [-0.2, 0) is 13.6 Å². The Kier molecular flexibility index (Phi) is 3.79. The molecule has 0 spiro atoms. The minimum absolute atomic E-state index is 0.195. The zero-order valence-electron chi connectivity index (χ0n) is 10.8. The van der Waals surface area contributed by atoms with Crippen LogP contribution >= 0.6 is 0 Å². The number of para-hydroxylation sites is 1. The molecule has 0 saturated carbocycles. The molecule has 0 fully saturated rings. The van der Waals surface area contributed by atoms with E-state index in [0.29, 0.717) is 6.54 Å². The monoisotopic (exact) mass is 262 g/mol. The van der Waals surface area contributed by atoms with E-state index in [0.717, 1.165) is 5.69 Å². The summed E-state index contributed by atoms with van der Waals surface area (Å²) in [5.41, 5.74) is 1.22. The summed E-state index contributed by atoms with van der Waals surface area (Å²) in [6, 6.07) is 6.20. The highest BCUT2D eigenvalue weighted by atomic mass is 19.1. The van der Waals surface area contributed by atoms with Gasteiger partial charge in [0.15, 0.2) is 0 Å². The second kappa shape index (κ2) is 5.51. The lowest BCUT2D eigenvalue weighted by molar-refractivity contribution is 0.0951. The molecule has 2 rings (SSSR count). The van der Waals surface area contributed by atoms with Crippen molar-refractivity contribution in [3.8, 4) is 0 Å². The van der Waals surface area contributed by atoms with E-state index in [-0.39, 0.29) is 17.2 Å². The molecule has 1 aromatic heterocycles. The molecule has 0 saturated heterocycles. The summed E-state index contributed by atoms with van der Waals surface area (Å²) in [4.78, 5) is 12.0. The molecule has 0 unspecified atom stereocenters. The van der Waals surface area contributed by atoms with Gasteiger partial charge < -0.3 is 10.6 Å². The summed E-state index contributed by atoms with van der Waals surface area (Å²) in [5.74, 6) is -0.789. The van der Waals surface area contributed by atoms with E-state index in [1.165, 1.54) is 12.1 Å². The summed E-state index contributed by atoms with van der Waals surface area (Å²) in [5, 5.41) is 9.55. The minimum Gasteiger partial charge on any atom is -0.385 e. The van der Waals surface area contributed by atoms with Gasteiger partial charge in [-0.2, -0.15) is 5.10 Å². The fourth-order valence-corrected chi connectivity index (χ4v) is 1.79. The summed E-state index contributed by atoms with van der Waals surface area (Å²) < 4.78 is 15.2. The first kappa shape index (κ1) is 13.1. The van der Waals surface area contributed by atoms with Gasteiger partial charge in [0.25, 0.3) is 5.91 Å². The number of halogens is 1. The third kappa shape index (κ3) is 2.90. The molecule has 2 aromatic rings. The van der Waals surface area contributed by atoms with Crippen molar-refractivity contribution >= 4 is 11.6 Å². The average molecular weight is 262 g/mol. The van der Waals surface area contributed by atoms with Gasteiger partial charge in [-0.25, -0.2) is 4.39 Å². The predicted molar refractivity (Wildman–Crippen MR) is 70.3 cm³/mol. The van der Waals surface area contributed by atoms with Crippen molar-refractivity contribution in [3.05, 3.63) is 47.5 Å². The molecule has 6 heteroatoms. The third-order valence-corrected chi connectivity index (χ3v) is 2.71. The van der Waals surface area contributed by atoms with Crippen molar-refractivity contribution in [2.45, 2.75) is 6.54 Å². The molecule has 100 valence electrons. The van der Waals surface area contributed by atoms with Gasteiger partial charge in [0.1, 0.15) is 5.82 Å². The zero-order chi connectivity index (χ0) is 13.8. The molecule has 2 N–H and O–H groups in total. The van der Waals surface area contributed by atoms with E-state index in [1.54, 1.807) is 31.0 Å². The van der Waals surface area contributed by atoms with Crippen LogP contribution in [0, 0.1) is 5.82 Å². The predicted octanol–water partition coefficient (Wildman–Crippen LogP) is 1.53. The fraction of sp³-hybridized carbons (Fsp3) is 0.231. The lowest BCUT2D eigenvalue weighted by Crippen LogP contribution is -2.24. The Balaban J connectivity index is 2.10. The summed E-state index contributed by atoms with van der Waals surface area (Å²) in [6.07, 6.45) is 1.79. The number of rotatable bonds is 4. The Bertz CT molecular complexity index is 594. The van der Waals surface area contributed by atoms with Crippen LogP contribution in [0.2, 0.25) is 0 Å². The number of aromatic nitrogens is 2. The quantitative estimate of drug-likeness (QED) is 0.878. The van der Waals surface area contributed by atoms with E-state index in [9.17, 15) is 9.18 Å². The maximum Gasteiger partial charge on any atom is 0.253 e. The van der Waals surface area contributed by atoms with E-state index >= 15 is 0 Å². The summed E-state index contributed by atoms with van der Waals surface area (Å²) in [6.45, 7) is 0.305. The molecule has 1 heterocycles. The number of hydrogen-bond donors (Lipinski definition) is 2. The van der Waals surface area contributed by atoms with E-state index in [2.05, 4.69) is 15.7 Å². The first-order chi connectivity index (χ1) is 9.11. The molecular formula is C13H15FN4O. The molecule has 0 radical (unpaired) electrons. The number of aryl methyl sites for hydroxylation is 1. The SMILES string of the molecule is CNc1c(F)cccc1C(=O)NCc1ccn(C)n1. The van der Waals surface area contributed by atoms with E-state index in [1.807, 2.05) is 6.07 Å². The Morgan fingerprint density at radius 1 is 1.42 bits per heavy atom. The smallest absolute Gasteiger partial charge is 0.253 e. The Labute approximate surface area is 110 Å². The van der Waals surface area contributed by atoms with Crippen LogP contribution in [0.3, 0.4) is 0 Å². The molecular weight excluding hydrogens is 247 g/mol.